The van der Waals surface area contributed by atoms with Crippen molar-refractivity contribution < 1.29 is 14.3 Å². The Hall–Kier alpha value is -3.22. The van der Waals surface area contributed by atoms with Crippen LogP contribution in [0.4, 0.5) is 5.69 Å². The van der Waals surface area contributed by atoms with Crippen LogP contribution in [-0.2, 0) is 9.53 Å². The number of hydrogen-bond acceptors (Lipinski definition) is 5. The van der Waals surface area contributed by atoms with Gasteiger partial charge in [-0.15, -0.1) is 5.10 Å². The predicted octanol–water partition coefficient (Wildman–Crippen LogP) is 2.56. The van der Waals surface area contributed by atoms with Crippen molar-refractivity contribution in [2.24, 2.45) is 0 Å². The second-order valence-corrected chi connectivity index (χ2v) is 5.13. The zero-order valence-corrected chi connectivity index (χ0v) is 13.3. The molecule has 7 nitrogen and oxygen atoms in total. The molecule has 0 aliphatic heterocycles. The maximum absolute atomic E-state index is 11.8. The molecule has 0 fully saturated rings. The number of ether oxygens (including phenoxy) is 1. The van der Waals surface area contributed by atoms with Gasteiger partial charge in [0.1, 0.15) is 0 Å². The molecule has 0 aliphatic rings. The number of hydrogen-bond donors (Lipinski definition) is 1. The average Bonchev–Trinajstić information content (AvgIpc) is 3.04. The highest BCUT2D eigenvalue weighted by Gasteiger charge is 2.15. The molecule has 2 aromatic carbocycles. The Balaban J connectivity index is 2.12. The van der Waals surface area contributed by atoms with E-state index in [4.69, 9.17) is 4.74 Å². The molecule has 0 saturated heterocycles. The van der Waals surface area contributed by atoms with Crippen molar-refractivity contribution in [3.05, 3.63) is 48.3 Å². The van der Waals surface area contributed by atoms with E-state index < -0.39 is 5.97 Å². The summed E-state index contributed by atoms with van der Waals surface area (Å²) in [5.74, 6) is -0.686. The van der Waals surface area contributed by atoms with Crippen LogP contribution in [0.1, 0.15) is 24.3 Å². The molecular formula is C17H16N4O3. The lowest BCUT2D eigenvalue weighted by Crippen LogP contribution is -2.07. The van der Waals surface area contributed by atoms with Crippen molar-refractivity contribution in [2.45, 2.75) is 13.8 Å². The van der Waals surface area contributed by atoms with Gasteiger partial charge in [0.05, 0.1) is 24.2 Å². The molecule has 0 unspecified atom stereocenters. The Labute approximate surface area is 138 Å². The number of aromatic nitrogens is 3. The lowest BCUT2D eigenvalue weighted by molar-refractivity contribution is -0.114. The molecular weight excluding hydrogens is 308 g/mol. The Morgan fingerprint density at radius 1 is 1.21 bits per heavy atom. The quantitative estimate of drug-likeness (QED) is 0.745. The summed E-state index contributed by atoms with van der Waals surface area (Å²) in [6.07, 6.45) is 1.51. The lowest BCUT2D eigenvalue weighted by atomic mass is 10.1. The van der Waals surface area contributed by atoms with E-state index in [1.54, 1.807) is 6.92 Å². The van der Waals surface area contributed by atoms with Gasteiger partial charge in [0, 0.05) is 12.3 Å². The van der Waals surface area contributed by atoms with Crippen LogP contribution in [0.2, 0.25) is 0 Å². The number of esters is 1. The van der Waals surface area contributed by atoms with E-state index in [0.717, 1.165) is 10.8 Å². The zero-order chi connectivity index (χ0) is 17.1. The van der Waals surface area contributed by atoms with Gasteiger partial charge in [-0.25, -0.2) is 9.48 Å². The summed E-state index contributed by atoms with van der Waals surface area (Å²) in [7, 11) is 0. The van der Waals surface area contributed by atoms with E-state index in [-0.39, 0.29) is 18.2 Å². The van der Waals surface area contributed by atoms with E-state index in [2.05, 4.69) is 15.6 Å². The van der Waals surface area contributed by atoms with Crippen LogP contribution in [0.25, 0.3) is 16.5 Å². The van der Waals surface area contributed by atoms with Gasteiger partial charge >= 0.3 is 5.97 Å². The summed E-state index contributed by atoms with van der Waals surface area (Å²) in [6.45, 7) is 3.45. The molecule has 1 amide bonds. The van der Waals surface area contributed by atoms with Gasteiger partial charge in [-0.3, -0.25) is 4.79 Å². The maximum atomic E-state index is 11.8. The van der Waals surface area contributed by atoms with E-state index >= 15 is 0 Å². The first kappa shape index (κ1) is 15.7. The molecule has 0 bridgehead atoms. The Kier molecular flexibility index (Phi) is 4.24. The number of nitrogens with zero attached hydrogens (tertiary/aromatic N) is 3. The number of rotatable bonds is 4. The predicted molar refractivity (Wildman–Crippen MR) is 89.1 cm³/mol. The van der Waals surface area contributed by atoms with E-state index in [0.29, 0.717) is 11.4 Å². The second-order valence-electron chi connectivity index (χ2n) is 5.13. The average molecular weight is 324 g/mol. The van der Waals surface area contributed by atoms with Crippen molar-refractivity contribution in [3.8, 4) is 5.69 Å². The maximum Gasteiger partial charge on any atom is 0.360 e. The van der Waals surface area contributed by atoms with Gasteiger partial charge in [-0.05, 0) is 24.4 Å². The minimum atomic E-state index is -0.522. The fourth-order valence-electron chi connectivity index (χ4n) is 2.49. The van der Waals surface area contributed by atoms with Crippen LogP contribution in [0.15, 0.2) is 42.6 Å². The number of nitrogens with one attached hydrogen (secondary N) is 1. The molecule has 0 spiro atoms. The number of amides is 1. The summed E-state index contributed by atoms with van der Waals surface area (Å²) in [5, 5.41) is 12.4. The van der Waals surface area contributed by atoms with Crippen molar-refractivity contribution in [3.63, 3.8) is 0 Å². The first-order valence-electron chi connectivity index (χ1n) is 7.49. The second kappa shape index (κ2) is 6.49. The van der Waals surface area contributed by atoms with Crippen molar-refractivity contribution in [1.29, 1.82) is 0 Å². The number of benzene rings is 2. The highest BCUT2D eigenvalue weighted by atomic mass is 16.5. The molecule has 1 aromatic heterocycles. The number of carbonyl (C=O) groups excluding carboxylic acids is 2. The van der Waals surface area contributed by atoms with Gasteiger partial charge < -0.3 is 10.1 Å². The standard InChI is InChI=1S/C17H16N4O3/c1-3-24-17(23)14-10-21(20-19-14)15-9-5-7-12-6-4-8-13(16(12)15)18-11(2)22/h4-10H,3H2,1-2H3,(H,18,22). The molecule has 3 aromatic rings. The van der Waals surface area contributed by atoms with Crippen LogP contribution in [0, 0.1) is 0 Å². The Morgan fingerprint density at radius 3 is 2.67 bits per heavy atom. The summed E-state index contributed by atoms with van der Waals surface area (Å²) >= 11 is 0. The van der Waals surface area contributed by atoms with E-state index in [1.807, 2.05) is 36.4 Å². The number of fused-ring (bicyclic) bond motifs is 1. The fraction of sp³-hybridized carbons (Fsp3) is 0.176. The fourth-order valence-corrected chi connectivity index (χ4v) is 2.49. The molecule has 7 heteroatoms. The number of anilines is 1. The van der Waals surface area contributed by atoms with Crippen molar-refractivity contribution in [1.82, 2.24) is 15.0 Å². The Bertz CT molecular complexity index is 912. The molecule has 3 rings (SSSR count). The monoisotopic (exact) mass is 324 g/mol. The molecule has 24 heavy (non-hydrogen) atoms. The smallest absolute Gasteiger partial charge is 0.360 e. The van der Waals surface area contributed by atoms with Crippen molar-refractivity contribution in [2.75, 3.05) is 11.9 Å². The molecule has 0 atom stereocenters. The van der Waals surface area contributed by atoms with E-state index in [9.17, 15) is 9.59 Å². The normalized spacial score (nSPS) is 10.6. The third-order valence-corrected chi connectivity index (χ3v) is 3.42. The number of carbonyl (C=O) groups is 2. The minimum absolute atomic E-state index is 0.130. The van der Waals surface area contributed by atoms with Gasteiger partial charge in [0.2, 0.25) is 5.91 Å². The SMILES string of the molecule is CCOC(=O)c1cn(-c2cccc3cccc(NC(C)=O)c23)nn1. The van der Waals surface area contributed by atoms with Crippen LogP contribution in [-0.4, -0.2) is 33.5 Å². The summed E-state index contributed by atoms with van der Waals surface area (Å²) in [5.41, 5.74) is 1.51. The minimum Gasteiger partial charge on any atom is -0.461 e. The first-order chi connectivity index (χ1) is 11.6. The van der Waals surface area contributed by atoms with Gasteiger partial charge in [0.15, 0.2) is 5.69 Å². The lowest BCUT2D eigenvalue weighted by Gasteiger charge is -2.11. The first-order valence-corrected chi connectivity index (χ1v) is 7.49. The van der Waals surface area contributed by atoms with Gasteiger partial charge in [0.25, 0.3) is 0 Å². The summed E-state index contributed by atoms with van der Waals surface area (Å²) in [6, 6.07) is 11.3. The molecule has 1 N–H and O–H groups in total. The zero-order valence-electron chi connectivity index (χ0n) is 13.3. The highest BCUT2D eigenvalue weighted by molar-refractivity contribution is 6.05. The van der Waals surface area contributed by atoms with Crippen molar-refractivity contribution >= 4 is 28.3 Å². The van der Waals surface area contributed by atoms with Crippen LogP contribution >= 0.6 is 0 Å². The van der Waals surface area contributed by atoms with Crippen LogP contribution in [0.5, 0.6) is 0 Å². The third kappa shape index (κ3) is 2.96. The third-order valence-electron chi connectivity index (χ3n) is 3.42. The van der Waals surface area contributed by atoms with E-state index in [1.165, 1.54) is 17.8 Å². The van der Waals surface area contributed by atoms with Crippen LogP contribution < -0.4 is 5.32 Å². The molecule has 0 saturated carbocycles. The molecule has 0 aliphatic carbocycles. The highest BCUT2D eigenvalue weighted by Crippen LogP contribution is 2.29. The molecule has 0 radical (unpaired) electrons. The Morgan fingerprint density at radius 2 is 1.96 bits per heavy atom. The summed E-state index contributed by atoms with van der Waals surface area (Å²) < 4.78 is 6.43. The summed E-state index contributed by atoms with van der Waals surface area (Å²) in [4.78, 5) is 23.2. The van der Waals surface area contributed by atoms with Gasteiger partial charge in [-0.1, -0.05) is 29.5 Å². The largest absolute Gasteiger partial charge is 0.461 e. The van der Waals surface area contributed by atoms with Crippen LogP contribution in [0.3, 0.4) is 0 Å². The molecule has 1 heterocycles. The molecule has 122 valence electrons. The van der Waals surface area contributed by atoms with Gasteiger partial charge in [-0.2, -0.15) is 0 Å². The topological polar surface area (TPSA) is 86.1 Å².